The summed E-state index contributed by atoms with van der Waals surface area (Å²) in [6, 6.07) is 6.25. The molecule has 0 aliphatic carbocycles. The fourth-order valence-electron chi connectivity index (χ4n) is 4.59. The van der Waals surface area contributed by atoms with Gasteiger partial charge in [0.05, 0.1) is 56.5 Å². The first-order chi connectivity index (χ1) is 20.1. The Morgan fingerprint density at radius 1 is 1.14 bits per heavy atom. The molecule has 4 rings (SSSR count). The van der Waals surface area contributed by atoms with E-state index >= 15 is 0 Å². The van der Waals surface area contributed by atoms with Gasteiger partial charge in [0.25, 0.3) is 10.1 Å². The fraction of sp³-hybridized carbons (Fsp3) is 0.667. The van der Waals surface area contributed by atoms with Crippen molar-refractivity contribution < 1.29 is 31.2 Å². The highest BCUT2D eigenvalue weighted by Gasteiger charge is 2.39. The highest BCUT2D eigenvalue weighted by molar-refractivity contribution is 7.85. The van der Waals surface area contributed by atoms with Crippen LogP contribution >= 0.6 is 0 Å². The molecule has 0 radical (unpaired) electrons. The molecule has 2 aromatic heterocycles. The van der Waals surface area contributed by atoms with Crippen molar-refractivity contribution in [2.45, 2.75) is 90.4 Å². The van der Waals surface area contributed by atoms with Crippen LogP contribution in [0, 0.1) is 0 Å². The lowest BCUT2D eigenvalue weighted by Gasteiger charge is -2.36. The minimum Gasteiger partial charge on any atom is -0.543 e. The molecule has 1 fully saturated rings. The first kappa shape index (κ1) is 33.6. The van der Waals surface area contributed by atoms with Crippen LogP contribution in [0.25, 0.3) is 22.2 Å². The van der Waals surface area contributed by atoms with Crippen LogP contribution in [0.3, 0.4) is 0 Å². The first-order valence-electron chi connectivity index (χ1n) is 15.1. The van der Waals surface area contributed by atoms with Gasteiger partial charge in [-0.3, -0.25) is 8.86 Å². The number of hydrogen-bond acceptors (Lipinski definition) is 9. The van der Waals surface area contributed by atoms with Gasteiger partial charge in [0.2, 0.25) is 8.32 Å². The number of fused-ring (bicyclic) bond motifs is 1. The van der Waals surface area contributed by atoms with Gasteiger partial charge in [0.1, 0.15) is 11.4 Å². The number of rotatable bonds is 14. The van der Waals surface area contributed by atoms with Crippen LogP contribution in [-0.2, 0) is 28.5 Å². The number of aromatic nitrogens is 4. The highest BCUT2D eigenvalue weighted by Crippen LogP contribution is 2.40. The van der Waals surface area contributed by atoms with Gasteiger partial charge in [-0.1, -0.05) is 20.8 Å². The second-order valence-corrected chi connectivity index (χ2v) is 19.3. The zero-order valence-electron chi connectivity index (χ0n) is 26.8. The Morgan fingerprint density at radius 2 is 1.91 bits per heavy atom. The molecule has 11 nitrogen and oxygen atoms in total. The summed E-state index contributed by atoms with van der Waals surface area (Å²) in [4.78, 5) is 0. The lowest BCUT2D eigenvalue weighted by Crippen LogP contribution is -2.43. The van der Waals surface area contributed by atoms with Gasteiger partial charge < -0.3 is 18.6 Å². The quantitative estimate of drug-likeness (QED) is 0.120. The van der Waals surface area contributed by atoms with Crippen LogP contribution in [0.15, 0.2) is 30.6 Å². The molecule has 3 atom stereocenters. The first-order valence-corrected chi connectivity index (χ1v) is 19.8. The van der Waals surface area contributed by atoms with Gasteiger partial charge in [-0.25, -0.2) is 4.68 Å². The molecular weight excluding hydrogens is 589 g/mol. The third kappa shape index (κ3) is 8.89. The van der Waals surface area contributed by atoms with E-state index in [-0.39, 0.29) is 30.0 Å². The predicted octanol–water partition coefficient (Wildman–Crippen LogP) is 5.94. The second kappa shape index (κ2) is 13.8. The van der Waals surface area contributed by atoms with Crippen molar-refractivity contribution in [3.63, 3.8) is 0 Å². The van der Waals surface area contributed by atoms with E-state index in [1.807, 2.05) is 28.7 Å². The summed E-state index contributed by atoms with van der Waals surface area (Å²) >= 11 is 0. The maximum absolute atomic E-state index is 11.1. The molecular formula is C30H48N4O7SSi. The Balaban J connectivity index is 1.47. The van der Waals surface area contributed by atoms with E-state index in [0.29, 0.717) is 19.8 Å². The van der Waals surface area contributed by atoms with Crippen LogP contribution in [0.2, 0.25) is 18.1 Å². The molecule has 3 aromatic rings. The van der Waals surface area contributed by atoms with Crippen LogP contribution in [0.4, 0.5) is 0 Å². The van der Waals surface area contributed by atoms with Crippen molar-refractivity contribution >= 4 is 29.3 Å². The maximum Gasteiger partial charge on any atom is 0.264 e. The number of benzene rings is 1. The van der Waals surface area contributed by atoms with Crippen molar-refractivity contribution in [2.75, 3.05) is 39.3 Å². The molecule has 0 amide bonds. The minimum atomic E-state index is -3.48. The molecule has 1 saturated heterocycles. The lowest BCUT2D eigenvalue weighted by atomic mass is 10.1. The topological polar surface area (TPSA) is 116 Å². The van der Waals surface area contributed by atoms with E-state index in [2.05, 4.69) is 57.2 Å². The summed E-state index contributed by atoms with van der Waals surface area (Å²) in [5.41, 5.74) is 2.78. The van der Waals surface area contributed by atoms with Crippen LogP contribution in [-0.4, -0.2) is 81.7 Å². The molecule has 1 unspecified atom stereocenters. The molecule has 1 aromatic carbocycles. The summed E-state index contributed by atoms with van der Waals surface area (Å²) < 4.78 is 55.1. The van der Waals surface area contributed by atoms with Crippen LogP contribution in [0.5, 0.6) is 5.75 Å². The van der Waals surface area contributed by atoms with Crippen molar-refractivity contribution in [3.8, 4) is 17.0 Å². The molecule has 3 heterocycles. The standard InChI is InChI=1S/C30H48N4O7SSi/c1-22(20-37-15-16-38-23(2)21-40-42(6,35)36)33-19-24(18-31-33)29-26-17-25(41-43(7,8)30(3,4)5)12-13-27(26)34(32-29)28-11-9-10-14-39-28/h12-13,17-19,22-23,28H,9-11,14-16,20-21H2,1-8H3/t22-,23+,28?/m1/s1. The number of hydrogen-bond donors (Lipinski definition) is 0. The van der Waals surface area contributed by atoms with E-state index in [4.69, 9.17) is 27.9 Å². The largest absolute Gasteiger partial charge is 0.543 e. The predicted molar refractivity (Wildman–Crippen MR) is 169 cm³/mol. The number of ether oxygens (including phenoxy) is 3. The molecule has 0 saturated carbocycles. The molecule has 0 spiro atoms. The highest BCUT2D eigenvalue weighted by atomic mass is 32.2. The van der Waals surface area contributed by atoms with E-state index in [9.17, 15) is 8.42 Å². The second-order valence-electron chi connectivity index (χ2n) is 13.0. The van der Waals surface area contributed by atoms with Gasteiger partial charge in [-0.2, -0.15) is 18.6 Å². The van der Waals surface area contributed by atoms with Crippen LogP contribution < -0.4 is 4.43 Å². The average Bonchev–Trinajstić information content (AvgIpc) is 3.56. The maximum atomic E-state index is 11.1. The lowest BCUT2D eigenvalue weighted by molar-refractivity contribution is -0.0365. The average molecular weight is 637 g/mol. The normalized spacial score (nSPS) is 18.2. The molecule has 13 heteroatoms. The molecule has 0 bridgehead atoms. The zero-order valence-corrected chi connectivity index (χ0v) is 28.6. The SMILES string of the molecule is C[C@H](COCCO[C@@H](C)COS(C)(=O)=O)n1cc(-c2nn(C3CCCCO3)c3ccc(O[Si](C)(C)C(C)(C)C)cc23)cn1. The Bertz CT molecular complexity index is 1460. The van der Waals surface area contributed by atoms with Crippen LogP contribution in [0.1, 0.15) is 66.2 Å². The minimum absolute atomic E-state index is 0.0211. The Kier molecular flexibility index (Phi) is 10.8. The Labute approximate surface area is 257 Å². The smallest absolute Gasteiger partial charge is 0.264 e. The zero-order chi connectivity index (χ0) is 31.4. The monoisotopic (exact) mass is 636 g/mol. The third-order valence-electron chi connectivity index (χ3n) is 8.12. The van der Waals surface area contributed by atoms with Crippen molar-refractivity contribution in [2.24, 2.45) is 0 Å². The third-order valence-corrected chi connectivity index (χ3v) is 13.0. The number of nitrogens with zero attached hydrogens (tertiary/aromatic N) is 4. The summed E-state index contributed by atoms with van der Waals surface area (Å²) in [7, 11) is -5.51. The molecule has 1 aliphatic rings. The summed E-state index contributed by atoms with van der Waals surface area (Å²) in [6.45, 7) is 16.9. The van der Waals surface area contributed by atoms with E-state index in [0.717, 1.165) is 60.0 Å². The summed E-state index contributed by atoms with van der Waals surface area (Å²) in [5.74, 6) is 0.859. The van der Waals surface area contributed by atoms with Gasteiger partial charge >= 0.3 is 0 Å². The molecule has 43 heavy (non-hydrogen) atoms. The van der Waals surface area contributed by atoms with Crippen molar-refractivity contribution in [1.82, 2.24) is 19.6 Å². The fourth-order valence-corrected chi connectivity index (χ4v) is 6.05. The Hall–Kier alpha value is -2.29. The molecule has 0 N–H and O–H groups in total. The summed E-state index contributed by atoms with van der Waals surface area (Å²) in [6.07, 6.45) is 7.53. The van der Waals surface area contributed by atoms with Gasteiger partial charge in [-0.15, -0.1) is 0 Å². The summed E-state index contributed by atoms with van der Waals surface area (Å²) in [5, 5.41) is 10.8. The van der Waals surface area contributed by atoms with Crippen molar-refractivity contribution in [1.29, 1.82) is 0 Å². The van der Waals surface area contributed by atoms with E-state index in [1.165, 1.54) is 0 Å². The van der Waals surface area contributed by atoms with Gasteiger partial charge in [-0.05, 0) is 69.4 Å². The van der Waals surface area contributed by atoms with E-state index in [1.54, 1.807) is 6.92 Å². The molecule has 1 aliphatic heterocycles. The van der Waals surface area contributed by atoms with Gasteiger partial charge in [0, 0.05) is 23.8 Å². The molecule has 240 valence electrons. The van der Waals surface area contributed by atoms with E-state index < -0.39 is 18.4 Å². The Morgan fingerprint density at radius 3 is 2.58 bits per heavy atom. The van der Waals surface area contributed by atoms with Gasteiger partial charge in [0.15, 0.2) is 6.23 Å². The van der Waals surface area contributed by atoms with Crippen molar-refractivity contribution in [3.05, 3.63) is 30.6 Å².